The summed E-state index contributed by atoms with van der Waals surface area (Å²) in [5.41, 5.74) is -0.668. The van der Waals surface area contributed by atoms with E-state index in [4.69, 9.17) is 0 Å². The van der Waals surface area contributed by atoms with Crippen LogP contribution in [0.2, 0.25) is 0 Å². The Labute approximate surface area is 211 Å². The molecule has 0 aliphatic heterocycles. The fourth-order valence-electron chi connectivity index (χ4n) is 7.16. The van der Waals surface area contributed by atoms with Crippen LogP contribution in [0.25, 0.3) is 0 Å². The lowest BCUT2D eigenvalue weighted by atomic mass is 9.68. The van der Waals surface area contributed by atoms with E-state index in [0.717, 1.165) is 61.5 Å². The van der Waals surface area contributed by atoms with E-state index < -0.39 is 22.0 Å². The summed E-state index contributed by atoms with van der Waals surface area (Å²) in [4.78, 5) is -3.69. The zero-order valence-corrected chi connectivity index (χ0v) is 21.8. The first-order chi connectivity index (χ1) is 16.2. The molecule has 0 spiro atoms. The van der Waals surface area contributed by atoms with Crippen molar-refractivity contribution in [3.8, 4) is 0 Å². The van der Waals surface area contributed by atoms with Crippen molar-refractivity contribution in [2.24, 2.45) is 29.6 Å². The summed E-state index contributed by atoms with van der Waals surface area (Å²) in [5, 5.41) is 0. The molecule has 1 aromatic carbocycles. The van der Waals surface area contributed by atoms with Gasteiger partial charge in [-0.05, 0) is 133 Å². The Morgan fingerprint density at radius 1 is 0.765 bits per heavy atom. The van der Waals surface area contributed by atoms with Gasteiger partial charge in [0.2, 0.25) is 0 Å². The normalized spacial score (nSPS) is 33.0. The van der Waals surface area contributed by atoms with Crippen molar-refractivity contribution in [3.63, 3.8) is 0 Å². The van der Waals surface area contributed by atoms with Gasteiger partial charge in [-0.2, -0.15) is 8.78 Å². The molecule has 3 saturated carbocycles. The van der Waals surface area contributed by atoms with Crippen LogP contribution in [-0.4, -0.2) is 0 Å². The molecule has 190 valence electrons. The van der Waals surface area contributed by atoms with Crippen LogP contribution in [0.15, 0.2) is 24.8 Å². The topological polar surface area (TPSA) is 0 Å². The number of rotatable bonds is 7. The maximum atomic E-state index is 14.2. The molecule has 3 fully saturated rings. The summed E-state index contributed by atoms with van der Waals surface area (Å²) >= 11 is 2.08. The first kappa shape index (κ1) is 26.2. The van der Waals surface area contributed by atoms with E-state index in [2.05, 4.69) is 28.6 Å². The number of benzene rings is 1. The lowest BCUT2D eigenvalue weighted by Gasteiger charge is -2.38. The van der Waals surface area contributed by atoms with Gasteiger partial charge in [-0.15, -0.1) is 6.58 Å². The molecule has 0 heterocycles. The van der Waals surface area contributed by atoms with Crippen molar-refractivity contribution in [3.05, 3.63) is 47.5 Å². The van der Waals surface area contributed by atoms with Crippen LogP contribution in [0.4, 0.5) is 17.6 Å². The highest BCUT2D eigenvalue weighted by Gasteiger charge is 2.36. The van der Waals surface area contributed by atoms with Gasteiger partial charge in [0, 0.05) is 0 Å². The summed E-state index contributed by atoms with van der Waals surface area (Å²) in [6.07, 6.45) is 19.6. The van der Waals surface area contributed by atoms with Gasteiger partial charge in [-0.3, -0.25) is 0 Å². The quantitative estimate of drug-likeness (QED) is 0.182. The highest BCUT2D eigenvalue weighted by Crippen LogP contribution is 2.45. The van der Waals surface area contributed by atoms with Gasteiger partial charge in [0.25, 0.3) is 0 Å². The maximum Gasteiger partial charge on any atom is 0.332 e. The van der Waals surface area contributed by atoms with Crippen molar-refractivity contribution in [1.29, 1.82) is 0 Å². The monoisotopic (exact) mass is 542 g/mol. The Morgan fingerprint density at radius 2 is 1.21 bits per heavy atom. The molecule has 0 saturated heterocycles. The van der Waals surface area contributed by atoms with Crippen LogP contribution >= 0.6 is 15.9 Å². The smallest absolute Gasteiger partial charge is 0.206 e. The van der Waals surface area contributed by atoms with Gasteiger partial charge in [0.05, 0.1) is 0 Å². The fourth-order valence-corrected chi connectivity index (χ4v) is 7.53. The van der Waals surface area contributed by atoms with E-state index in [1.54, 1.807) is 0 Å². The predicted molar refractivity (Wildman–Crippen MR) is 134 cm³/mol. The Morgan fingerprint density at radius 3 is 1.65 bits per heavy atom. The highest BCUT2D eigenvalue weighted by atomic mass is 79.9. The van der Waals surface area contributed by atoms with Crippen LogP contribution in [0.3, 0.4) is 0 Å². The number of alkyl halides is 3. The lowest BCUT2D eigenvalue weighted by Crippen LogP contribution is -2.25. The Hall–Kier alpha value is -0.840. The second-order valence-corrected chi connectivity index (χ2v) is 12.3. The third kappa shape index (κ3) is 6.48. The molecule has 3 aliphatic carbocycles. The Balaban J connectivity index is 1.18. The van der Waals surface area contributed by atoms with Crippen LogP contribution in [-0.2, 0) is 4.83 Å². The summed E-state index contributed by atoms with van der Waals surface area (Å²) in [6.45, 7) is 3.97. The van der Waals surface area contributed by atoms with Crippen LogP contribution in [0, 0.1) is 41.2 Å². The minimum Gasteiger partial charge on any atom is -0.206 e. The first-order valence-electron chi connectivity index (χ1n) is 13.4. The van der Waals surface area contributed by atoms with Crippen molar-refractivity contribution in [2.45, 2.75) is 101 Å². The molecule has 34 heavy (non-hydrogen) atoms. The van der Waals surface area contributed by atoms with E-state index in [9.17, 15) is 17.6 Å². The van der Waals surface area contributed by atoms with Crippen molar-refractivity contribution in [1.82, 2.24) is 0 Å². The fraction of sp³-hybridized carbons (Fsp3) is 0.724. The van der Waals surface area contributed by atoms with E-state index in [1.165, 1.54) is 64.2 Å². The van der Waals surface area contributed by atoms with Crippen LogP contribution in [0.1, 0.15) is 107 Å². The molecule has 0 radical (unpaired) electrons. The average molecular weight is 544 g/mol. The summed E-state index contributed by atoms with van der Waals surface area (Å²) < 4.78 is 55.2. The summed E-state index contributed by atoms with van der Waals surface area (Å²) in [6, 6.07) is 2.22. The van der Waals surface area contributed by atoms with Crippen LogP contribution < -0.4 is 0 Å². The Bertz CT molecular complexity index is 785. The average Bonchev–Trinajstić information content (AvgIpc) is 2.82. The summed E-state index contributed by atoms with van der Waals surface area (Å²) in [5.74, 6) is 1.91. The molecule has 0 amide bonds. The highest BCUT2D eigenvalue weighted by molar-refractivity contribution is 9.09. The largest absolute Gasteiger partial charge is 0.332 e. The SMILES string of the molecule is C=CC1CCC(C2CCC(CCC3CCC(c4cc(F)c(C(F)(F)Br)c(F)c4)CC3)CC2)CC1. The zero-order chi connectivity index (χ0) is 24.3. The number of allylic oxidation sites excluding steroid dienone is 1. The standard InChI is InChI=1S/C29H39BrF4/c1-2-19-5-11-22(12-6-19)23-13-7-20(8-14-23)3-4-21-9-15-24(16-10-21)25-17-26(31)28(27(32)18-25)29(30,33)34/h2,17-24H,1,3-16H2. The molecular weight excluding hydrogens is 504 g/mol. The van der Waals surface area contributed by atoms with Crippen molar-refractivity contribution < 1.29 is 17.6 Å². The van der Waals surface area contributed by atoms with Gasteiger partial charge in [-0.1, -0.05) is 31.8 Å². The molecule has 0 unspecified atom stereocenters. The molecule has 3 aliphatic rings. The van der Waals surface area contributed by atoms with Crippen LogP contribution in [0.5, 0.6) is 0 Å². The van der Waals surface area contributed by atoms with Gasteiger partial charge in [-0.25, -0.2) is 8.78 Å². The molecule has 0 nitrogen and oxygen atoms in total. The van der Waals surface area contributed by atoms with Gasteiger partial charge >= 0.3 is 4.83 Å². The third-order valence-electron chi connectivity index (χ3n) is 9.36. The molecule has 0 atom stereocenters. The van der Waals surface area contributed by atoms with E-state index in [0.29, 0.717) is 11.5 Å². The van der Waals surface area contributed by atoms with Gasteiger partial charge in [0.15, 0.2) is 0 Å². The number of halogens is 5. The van der Waals surface area contributed by atoms with Gasteiger partial charge < -0.3 is 0 Å². The lowest BCUT2D eigenvalue weighted by molar-refractivity contribution is 0.105. The minimum absolute atomic E-state index is 0.0601. The second kappa shape index (κ2) is 11.5. The molecule has 4 rings (SSSR count). The maximum absolute atomic E-state index is 14.2. The second-order valence-electron chi connectivity index (χ2n) is 11.3. The molecule has 5 heteroatoms. The van der Waals surface area contributed by atoms with E-state index >= 15 is 0 Å². The molecule has 0 N–H and O–H groups in total. The summed E-state index contributed by atoms with van der Waals surface area (Å²) in [7, 11) is 0. The molecule has 0 bridgehead atoms. The van der Waals surface area contributed by atoms with E-state index in [1.807, 2.05) is 0 Å². The van der Waals surface area contributed by atoms with Gasteiger partial charge in [0.1, 0.15) is 17.2 Å². The van der Waals surface area contributed by atoms with Crippen molar-refractivity contribution >= 4 is 15.9 Å². The molecule has 0 aromatic heterocycles. The zero-order valence-electron chi connectivity index (χ0n) is 20.2. The number of hydrogen-bond donors (Lipinski definition) is 0. The first-order valence-corrected chi connectivity index (χ1v) is 14.2. The predicted octanol–water partition coefficient (Wildman–Crippen LogP) is 10.3. The van der Waals surface area contributed by atoms with Crippen molar-refractivity contribution in [2.75, 3.05) is 0 Å². The number of hydrogen-bond acceptors (Lipinski definition) is 0. The minimum atomic E-state index is -3.69. The Kier molecular flexibility index (Phi) is 8.85. The van der Waals surface area contributed by atoms with E-state index in [-0.39, 0.29) is 5.92 Å². The third-order valence-corrected chi connectivity index (χ3v) is 9.75. The molecular formula is C29H39BrF4. The molecule has 1 aromatic rings.